The third-order valence-electron chi connectivity index (χ3n) is 3.61. The predicted octanol–water partition coefficient (Wildman–Crippen LogP) is 1.49. The fraction of sp³-hybridized carbons (Fsp3) is 0.538. The number of rotatable bonds is 3. The van der Waals surface area contributed by atoms with E-state index in [1.807, 2.05) is 4.90 Å². The number of nitrogens with zero attached hydrogens (tertiary/aromatic N) is 2. The Balaban J connectivity index is 2.08. The van der Waals surface area contributed by atoms with Crippen LogP contribution in [0.2, 0.25) is 0 Å². The molecule has 1 aliphatic rings. The standard InChI is InChI=1S/C13H20N4O/c1-9(2)11-4-6-17(8-11)13(18)10-3-5-15-12(7-10)16-14/h3,5,7,9,11H,4,6,8,14H2,1-2H3,(H,15,16). The van der Waals surface area contributed by atoms with E-state index >= 15 is 0 Å². The summed E-state index contributed by atoms with van der Waals surface area (Å²) in [6, 6.07) is 3.41. The number of nitrogens with one attached hydrogen (secondary N) is 1. The first-order chi connectivity index (χ1) is 8.61. The third kappa shape index (κ3) is 2.61. The maximum Gasteiger partial charge on any atom is 0.254 e. The summed E-state index contributed by atoms with van der Waals surface area (Å²) in [6.45, 7) is 6.11. The lowest BCUT2D eigenvalue weighted by molar-refractivity contribution is 0.0784. The Bertz CT molecular complexity index is 433. The van der Waals surface area contributed by atoms with Gasteiger partial charge in [0.05, 0.1) is 0 Å². The van der Waals surface area contributed by atoms with Gasteiger partial charge in [0.25, 0.3) is 5.91 Å². The van der Waals surface area contributed by atoms with Crippen LogP contribution in [0.5, 0.6) is 0 Å². The molecule has 1 amide bonds. The molecule has 0 spiro atoms. The summed E-state index contributed by atoms with van der Waals surface area (Å²) in [5.74, 6) is 7.12. The molecular weight excluding hydrogens is 228 g/mol. The minimum atomic E-state index is 0.0667. The zero-order valence-electron chi connectivity index (χ0n) is 10.9. The first-order valence-electron chi connectivity index (χ1n) is 6.33. The minimum absolute atomic E-state index is 0.0667. The SMILES string of the molecule is CC(C)C1CCN(C(=O)c2ccnc(NN)c2)C1. The number of likely N-dealkylation sites (tertiary alicyclic amines) is 1. The molecule has 1 unspecified atom stereocenters. The monoisotopic (exact) mass is 248 g/mol. The van der Waals surface area contributed by atoms with Crippen molar-refractivity contribution in [2.24, 2.45) is 17.7 Å². The summed E-state index contributed by atoms with van der Waals surface area (Å²) in [6.07, 6.45) is 2.69. The Labute approximate surface area is 107 Å². The lowest BCUT2D eigenvalue weighted by Crippen LogP contribution is -2.29. The molecule has 0 aromatic carbocycles. The molecule has 5 heteroatoms. The largest absolute Gasteiger partial charge is 0.338 e. The lowest BCUT2D eigenvalue weighted by Gasteiger charge is -2.18. The summed E-state index contributed by atoms with van der Waals surface area (Å²) in [5, 5.41) is 0. The molecule has 98 valence electrons. The van der Waals surface area contributed by atoms with Gasteiger partial charge in [0, 0.05) is 24.8 Å². The molecule has 0 aliphatic carbocycles. The summed E-state index contributed by atoms with van der Waals surface area (Å²) in [5.41, 5.74) is 3.10. The van der Waals surface area contributed by atoms with E-state index < -0.39 is 0 Å². The van der Waals surface area contributed by atoms with Gasteiger partial charge in [0.2, 0.25) is 0 Å². The maximum absolute atomic E-state index is 12.3. The first kappa shape index (κ1) is 12.8. The average Bonchev–Trinajstić information content (AvgIpc) is 2.87. The van der Waals surface area contributed by atoms with Crippen molar-refractivity contribution in [3.05, 3.63) is 23.9 Å². The molecule has 0 bridgehead atoms. The van der Waals surface area contributed by atoms with Gasteiger partial charge in [-0.3, -0.25) is 4.79 Å². The van der Waals surface area contributed by atoms with E-state index in [1.54, 1.807) is 18.3 Å². The molecule has 2 rings (SSSR count). The highest BCUT2D eigenvalue weighted by Crippen LogP contribution is 2.25. The summed E-state index contributed by atoms with van der Waals surface area (Å²) in [4.78, 5) is 18.2. The minimum Gasteiger partial charge on any atom is -0.338 e. The molecule has 1 saturated heterocycles. The number of amides is 1. The van der Waals surface area contributed by atoms with Crippen LogP contribution in [0.1, 0.15) is 30.6 Å². The van der Waals surface area contributed by atoms with E-state index in [-0.39, 0.29) is 5.91 Å². The fourth-order valence-electron chi connectivity index (χ4n) is 2.34. The van der Waals surface area contributed by atoms with Crippen molar-refractivity contribution >= 4 is 11.7 Å². The Hall–Kier alpha value is -1.62. The van der Waals surface area contributed by atoms with Gasteiger partial charge in [0.1, 0.15) is 5.82 Å². The van der Waals surface area contributed by atoms with Gasteiger partial charge in [-0.1, -0.05) is 13.8 Å². The fourth-order valence-corrected chi connectivity index (χ4v) is 2.34. The van der Waals surface area contributed by atoms with Crippen LogP contribution in [0.4, 0.5) is 5.82 Å². The second-order valence-electron chi connectivity index (χ2n) is 5.12. The van der Waals surface area contributed by atoms with Crippen molar-refractivity contribution in [2.75, 3.05) is 18.5 Å². The van der Waals surface area contributed by atoms with Crippen LogP contribution >= 0.6 is 0 Å². The molecule has 5 nitrogen and oxygen atoms in total. The Morgan fingerprint density at radius 1 is 1.61 bits per heavy atom. The number of carbonyl (C=O) groups is 1. The molecule has 1 fully saturated rings. The molecular formula is C13H20N4O. The second kappa shape index (κ2) is 5.35. The number of aromatic nitrogens is 1. The maximum atomic E-state index is 12.3. The van der Waals surface area contributed by atoms with E-state index in [2.05, 4.69) is 24.3 Å². The van der Waals surface area contributed by atoms with Gasteiger partial charge in [0.15, 0.2) is 0 Å². The topological polar surface area (TPSA) is 71.2 Å². The van der Waals surface area contributed by atoms with E-state index in [9.17, 15) is 4.79 Å². The number of hydrogen-bond donors (Lipinski definition) is 2. The highest BCUT2D eigenvalue weighted by atomic mass is 16.2. The van der Waals surface area contributed by atoms with Crippen LogP contribution in [-0.4, -0.2) is 28.9 Å². The molecule has 1 atom stereocenters. The van der Waals surface area contributed by atoms with Gasteiger partial charge in [-0.15, -0.1) is 0 Å². The van der Waals surface area contributed by atoms with Crippen molar-refractivity contribution in [2.45, 2.75) is 20.3 Å². The van der Waals surface area contributed by atoms with E-state index in [0.717, 1.165) is 19.5 Å². The van der Waals surface area contributed by atoms with E-state index in [0.29, 0.717) is 23.2 Å². The smallest absolute Gasteiger partial charge is 0.254 e. The molecule has 0 radical (unpaired) electrons. The quantitative estimate of drug-likeness (QED) is 0.628. The van der Waals surface area contributed by atoms with Gasteiger partial charge >= 0.3 is 0 Å². The summed E-state index contributed by atoms with van der Waals surface area (Å²) < 4.78 is 0. The molecule has 2 heterocycles. The van der Waals surface area contributed by atoms with Crippen LogP contribution in [-0.2, 0) is 0 Å². The van der Waals surface area contributed by atoms with Crippen LogP contribution in [0.15, 0.2) is 18.3 Å². The molecule has 3 N–H and O–H groups in total. The number of anilines is 1. The molecule has 1 aliphatic heterocycles. The van der Waals surface area contributed by atoms with Gasteiger partial charge < -0.3 is 10.3 Å². The van der Waals surface area contributed by atoms with Gasteiger partial charge in [-0.05, 0) is 30.4 Å². The van der Waals surface area contributed by atoms with Crippen molar-refractivity contribution < 1.29 is 4.79 Å². The van der Waals surface area contributed by atoms with Crippen LogP contribution in [0.25, 0.3) is 0 Å². The number of hydrogen-bond acceptors (Lipinski definition) is 4. The predicted molar refractivity (Wildman–Crippen MR) is 70.9 cm³/mol. The number of nitrogens with two attached hydrogens (primary N) is 1. The van der Waals surface area contributed by atoms with Crippen LogP contribution in [0.3, 0.4) is 0 Å². The Morgan fingerprint density at radius 3 is 3.00 bits per heavy atom. The summed E-state index contributed by atoms with van der Waals surface area (Å²) in [7, 11) is 0. The zero-order chi connectivity index (χ0) is 13.1. The molecule has 1 aromatic heterocycles. The third-order valence-corrected chi connectivity index (χ3v) is 3.61. The van der Waals surface area contributed by atoms with Crippen LogP contribution in [0, 0.1) is 11.8 Å². The van der Waals surface area contributed by atoms with Crippen molar-refractivity contribution in [3.8, 4) is 0 Å². The van der Waals surface area contributed by atoms with Gasteiger partial charge in [-0.2, -0.15) is 0 Å². The van der Waals surface area contributed by atoms with E-state index in [4.69, 9.17) is 5.84 Å². The van der Waals surface area contributed by atoms with Crippen molar-refractivity contribution in [3.63, 3.8) is 0 Å². The molecule has 18 heavy (non-hydrogen) atoms. The molecule has 1 aromatic rings. The van der Waals surface area contributed by atoms with Crippen molar-refractivity contribution in [1.29, 1.82) is 0 Å². The van der Waals surface area contributed by atoms with Crippen molar-refractivity contribution in [1.82, 2.24) is 9.88 Å². The van der Waals surface area contributed by atoms with Crippen LogP contribution < -0.4 is 11.3 Å². The molecule has 0 saturated carbocycles. The average molecular weight is 248 g/mol. The lowest BCUT2D eigenvalue weighted by atomic mass is 9.95. The zero-order valence-corrected chi connectivity index (χ0v) is 10.9. The number of carbonyl (C=O) groups excluding carboxylic acids is 1. The normalized spacial score (nSPS) is 19.3. The highest BCUT2D eigenvalue weighted by molar-refractivity contribution is 5.95. The number of nitrogen functional groups attached to an aromatic ring is 1. The van der Waals surface area contributed by atoms with E-state index in [1.165, 1.54) is 0 Å². The first-order valence-corrected chi connectivity index (χ1v) is 6.33. The Morgan fingerprint density at radius 2 is 2.39 bits per heavy atom. The highest BCUT2D eigenvalue weighted by Gasteiger charge is 2.28. The second-order valence-corrected chi connectivity index (χ2v) is 5.12. The summed E-state index contributed by atoms with van der Waals surface area (Å²) >= 11 is 0. The number of hydrazine groups is 1. The number of pyridine rings is 1. The Kier molecular flexibility index (Phi) is 3.81. The van der Waals surface area contributed by atoms with Gasteiger partial charge in [-0.25, -0.2) is 10.8 Å².